The van der Waals surface area contributed by atoms with Gasteiger partial charge in [-0.25, -0.2) is 4.39 Å². The van der Waals surface area contributed by atoms with Crippen molar-refractivity contribution in [3.63, 3.8) is 0 Å². The van der Waals surface area contributed by atoms with E-state index in [1.54, 1.807) is 0 Å². The molecule has 0 spiro atoms. The lowest BCUT2D eigenvalue weighted by Crippen LogP contribution is -2.15. The zero-order valence-electron chi connectivity index (χ0n) is 9.78. The number of aliphatic hydroxyl groups is 1. The Labute approximate surface area is 104 Å². The molecule has 0 aliphatic heterocycles. The molecule has 0 unspecified atom stereocenters. The van der Waals surface area contributed by atoms with Gasteiger partial charge in [0.25, 0.3) is 5.91 Å². The number of halogens is 1. The monoisotopic (exact) mass is 254 g/mol. The summed E-state index contributed by atoms with van der Waals surface area (Å²) < 4.78 is 13.2. The number of anilines is 1. The van der Waals surface area contributed by atoms with Crippen LogP contribution in [-0.4, -0.2) is 23.5 Å². The minimum atomic E-state index is -0.885. The molecule has 18 heavy (non-hydrogen) atoms. The fraction of sp³-hybridized carbons (Fsp3) is 0.333. The number of carbonyl (C=O) groups excluding carboxylic acids is 2. The highest BCUT2D eigenvalue weighted by molar-refractivity contribution is 5.96. The fourth-order valence-corrected chi connectivity index (χ4v) is 1.41. The first kappa shape index (κ1) is 14.1. The number of nitrogens with two attached hydrogens (primary N) is 1. The summed E-state index contributed by atoms with van der Waals surface area (Å²) in [5.74, 6) is -1.87. The number of nitrogens with one attached hydrogen (secondary N) is 1. The first-order valence-electron chi connectivity index (χ1n) is 5.54. The van der Waals surface area contributed by atoms with Crippen LogP contribution in [0.25, 0.3) is 0 Å². The molecule has 0 fully saturated rings. The smallest absolute Gasteiger partial charge is 0.251 e. The Balaban J connectivity index is 2.65. The molecule has 1 aromatic rings. The molecule has 0 atom stereocenters. The summed E-state index contributed by atoms with van der Waals surface area (Å²) in [7, 11) is 0. The van der Waals surface area contributed by atoms with Gasteiger partial charge in [-0.1, -0.05) is 0 Å². The van der Waals surface area contributed by atoms with E-state index in [0.717, 1.165) is 6.07 Å². The summed E-state index contributed by atoms with van der Waals surface area (Å²) in [5, 5.41) is 11.1. The molecule has 6 heteroatoms. The maximum atomic E-state index is 13.2. The number of carbonyl (C=O) groups is 2. The predicted molar refractivity (Wildman–Crippen MR) is 64.5 cm³/mol. The van der Waals surface area contributed by atoms with Gasteiger partial charge >= 0.3 is 0 Å². The number of rotatable bonds is 6. The normalized spacial score (nSPS) is 10.1. The minimum absolute atomic E-state index is 0.0374. The highest BCUT2D eigenvalue weighted by atomic mass is 19.1. The SMILES string of the molecule is NC(=O)c1cc(NC(=O)CCCCO)ccc1F. The van der Waals surface area contributed by atoms with E-state index in [1.807, 2.05) is 0 Å². The molecular weight excluding hydrogens is 239 g/mol. The molecule has 0 saturated heterocycles. The Hall–Kier alpha value is -1.95. The number of amides is 2. The summed E-state index contributed by atoms with van der Waals surface area (Å²) in [6.07, 6.45) is 1.36. The summed E-state index contributed by atoms with van der Waals surface area (Å²) >= 11 is 0. The Morgan fingerprint density at radius 3 is 2.67 bits per heavy atom. The summed E-state index contributed by atoms with van der Waals surface area (Å²) in [6.45, 7) is 0.0374. The van der Waals surface area contributed by atoms with Gasteiger partial charge in [0.05, 0.1) is 5.56 Å². The number of benzene rings is 1. The second-order valence-corrected chi connectivity index (χ2v) is 3.79. The maximum Gasteiger partial charge on any atom is 0.251 e. The highest BCUT2D eigenvalue weighted by Crippen LogP contribution is 2.14. The Morgan fingerprint density at radius 2 is 2.06 bits per heavy atom. The first-order chi connectivity index (χ1) is 8.54. The topological polar surface area (TPSA) is 92.4 Å². The summed E-state index contributed by atoms with van der Waals surface area (Å²) in [6, 6.07) is 3.62. The third-order valence-electron chi connectivity index (χ3n) is 2.33. The quantitative estimate of drug-likeness (QED) is 0.662. The molecule has 0 heterocycles. The van der Waals surface area contributed by atoms with E-state index in [1.165, 1.54) is 12.1 Å². The molecule has 98 valence electrons. The van der Waals surface area contributed by atoms with E-state index in [9.17, 15) is 14.0 Å². The number of primary amides is 1. The average molecular weight is 254 g/mol. The third-order valence-corrected chi connectivity index (χ3v) is 2.33. The van der Waals surface area contributed by atoms with E-state index in [2.05, 4.69) is 5.32 Å². The van der Waals surface area contributed by atoms with E-state index in [-0.39, 0.29) is 24.5 Å². The average Bonchev–Trinajstić information content (AvgIpc) is 2.31. The largest absolute Gasteiger partial charge is 0.396 e. The van der Waals surface area contributed by atoms with Crippen LogP contribution in [-0.2, 0) is 4.79 Å². The Kier molecular flexibility index (Phi) is 5.26. The van der Waals surface area contributed by atoms with E-state index in [0.29, 0.717) is 18.5 Å². The van der Waals surface area contributed by atoms with Crippen molar-refractivity contribution in [3.8, 4) is 0 Å². The zero-order valence-corrected chi connectivity index (χ0v) is 9.78. The van der Waals surface area contributed by atoms with Crippen LogP contribution in [0.3, 0.4) is 0 Å². The molecule has 0 aromatic heterocycles. The molecule has 2 amide bonds. The fourth-order valence-electron chi connectivity index (χ4n) is 1.41. The second kappa shape index (κ2) is 6.70. The Morgan fingerprint density at radius 1 is 1.33 bits per heavy atom. The molecule has 5 nitrogen and oxygen atoms in total. The van der Waals surface area contributed by atoms with Crippen LogP contribution in [0.5, 0.6) is 0 Å². The number of unbranched alkanes of at least 4 members (excludes halogenated alkanes) is 1. The second-order valence-electron chi connectivity index (χ2n) is 3.79. The van der Waals surface area contributed by atoms with Crippen molar-refractivity contribution < 1.29 is 19.1 Å². The van der Waals surface area contributed by atoms with Gasteiger partial charge < -0.3 is 16.2 Å². The third kappa shape index (κ3) is 4.14. The summed E-state index contributed by atoms with van der Waals surface area (Å²) in [5.41, 5.74) is 5.05. The van der Waals surface area contributed by atoms with Crippen LogP contribution in [0.2, 0.25) is 0 Å². The van der Waals surface area contributed by atoms with Crippen LogP contribution in [0.1, 0.15) is 29.6 Å². The van der Waals surface area contributed by atoms with Crippen LogP contribution in [0.15, 0.2) is 18.2 Å². The molecule has 0 radical (unpaired) electrons. The van der Waals surface area contributed by atoms with Gasteiger partial charge in [0.15, 0.2) is 0 Å². The lowest BCUT2D eigenvalue weighted by molar-refractivity contribution is -0.116. The van der Waals surface area contributed by atoms with Crippen molar-refractivity contribution in [1.29, 1.82) is 0 Å². The van der Waals surface area contributed by atoms with Crippen molar-refractivity contribution in [1.82, 2.24) is 0 Å². The molecule has 0 aliphatic carbocycles. The van der Waals surface area contributed by atoms with Crippen molar-refractivity contribution in [3.05, 3.63) is 29.6 Å². The van der Waals surface area contributed by atoms with Gasteiger partial charge in [0.1, 0.15) is 5.82 Å². The first-order valence-corrected chi connectivity index (χ1v) is 5.54. The predicted octanol–water partition coefficient (Wildman–Crippen LogP) is 1.03. The molecule has 4 N–H and O–H groups in total. The molecular formula is C12H15FN2O3. The minimum Gasteiger partial charge on any atom is -0.396 e. The van der Waals surface area contributed by atoms with Crippen LogP contribution in [0.4, 0.5) is 10.1 Å². The van der Waals surface area contributed by atoms with E-state index in [4.69, 9.17) is 10.8 Å². The van der Waals surface area contributed by atoms with Crippen LogP contribution in [0, 0.1) is 5.82 Å². The van der Waals surface area contributed by atoms with Crippen molar-refractivity contribution in [2.24, 2.45) is 5.73 Å². The van der Waals surface area contributed by atoms with Gasteiger partial charge in [-0.15, -0.1) is 0 Å². The zero-order chi connectivity index (χ0) is 13.5. The molecule has 0 bridgehead atoms. The molecule has 1 rings (SSSR count). The van der Waals surface area contributed by atoms with Gasteiger partial charge in [-0.05, 0) is 31.0 Å². The molecule has 0 saturated carbocycles. The van der Waals surface area contributed by atoms with E-state index < -0.39 is 11.7 Å². The van der Waals surface area contributed by atoms with E-state index >= 15 is 0 Å². The molecule has 1 aromatic carbocycles. The number of hydrogen-bond acceptors (Lipinski definition) is 3. The Bertz CT molecular complexity index is 449. The van der Waals surface area contributed by atoms with Gasteiger partial charge in [0.2, 0.25) is 5.91 Å². The summed E-state index contributed by atoms with van der Waals surface area (Å²) in [4.78, 5) is 22.4. The van der Waals surface area contributed by atoms with Crippen molar-refractivity contribution in [2.45, 2.75) is 19.3 Å². The number of aliphatic hydroxyl groups excluding tert-OH is 1. The number of hydrogen-bond donors (Lipinski definition) is 3. The lowest BCUT2D eigenvalue weighted by Gasteiger charge is -2.06. The molecule has 0 aliphatic rings. The van der Waals surface area contributed by atoms with Gasteiger partial charge in [-0.2, -0.15) is 0 Å². The van der Waals surface area contributed by atoms with Gasteiger partial charge in [0, 0.05) is 18.7 Å². The standard InChI is InChI=1S/C12H15FN2O3/c13-10-5-4-8(7-9(10)12(14)18)15-11(17)3-1-2-6-16/h4-5,7,16H,1-3,6H2,(H2,14,18)(H,15,17). The highest BCUT2D eigenvalue weighted by Gasteiger charge is 2.10. The maximum absolute atomic E-state index is 13.2. The lowest BCUT2D eigenvalue weighted by atomic mass is 10.1. The van der Waals surface area contributed by atoms with Gasteiger partial charge in [-0.3, -0.25) is 9.59 Å². The van der Waals surface area contributed by atoms with Crippen LogP contribution >= 0.6 is 0 Å². The van der Waals surface area contributed by atoms with Crippen molar-refractivity contribution in [2.75, 3.05) is 11.9 Å². The van der Waals surface area contributed by atoms with Crippen LogP contribution < -0.4 is 11.1 Å². The van der Waals surface area contributed by atoms with Crippen molar-refractivity contribution >= 4 is 17.5 Å².